The summed E-state index contributed by atoms with van der Waals surface area (Å²) in [6, 6.07) is 4.60. The van der Waals surface area contributed by atoms with Crippen molar-refractivity contribution in [3.05, 3.63) is 71.3 Å². The summed E-state index contributed by atoms with van der Waals surface area (Å²) in [7, 11) is -4.45. The van der Waals surface area contributed by atoms with Crippen LogP contribution < -0.4 is 5.32 Å². The summed E-state index contributed by atoms with van der Waals surface area (Å²) in [6.07, 6.45) is -13.7. The largest absolute Gasteiger partial charge is 0.435 e. The molecule has 0 unspecified atom stereocenters. The lowest BCUT2D eigenvalue weighted by atomic mass is 9.74. The SMILES string of the molecule is O=C(Cc1nn[nH]n1)NC1CC(c2ccc(C(F)(C(F)(F)F)C(F)(F)F)cc2)(S(=O)(=O)c2ccc(F)cc2)C1. The van der Waals surface area contributed by atoms with Crippen molar-refractivity contribution in [1.82, 2.24) is 25.9 Å². The number of hydrogen-bond acceptors (Lipinski definition) is 6. The van der Waals surface area contributed by atoms with Gasteiger partial charge in [0.2, 0.25) is 5.91 Å². The van der Waals surface area contributed by atoms with Gasteiger partial charge in [-0.2, -0.15) is 31.6 Å². The average molecular weight is 583 g/mol. The van der Waals surface area contributed by atoms with Gasteiger partial charge in [0.25, 0.3) is 0 Å². The minimum Gasteiger partial charge on any atom is -0.353 e. The lowest BCUT2D eigenvalue weighted by molar-refractivity contribution is -0.348. The molecule has 8 nitrogen and oxygen atoms in total. The molecule has 1 aliphatic rings. The highest BCUT2D eigenvalue weighted by atomic mass is 32.2. The second-order valence-corrected chi connectivity index (χ2v) is 11.1. The highest BCUT2D eigenvalue weighted by molar-refractivity contribution is 7.92. The van der Waals surface area contributed by atoms with E-state index in [1.54, 1.807) is 0 Å². The number of tetrazole rings is 1. The Labute approximate surface area is 214 Å². The van der Waals surface area contributed by atoms with Crippen LogP contribution in [0.5, 0.6) is 0 Å². The van der Waals surface area contributed by atoms with Crippen LogP contribution in [0.3, 0.4) is 0 Å². The Morgan fingerprint density at radius 1 is 0.949 bits per heavy atom. The summed E-state index contributed by atoms with van der Waals surface area (Å²) >= 11 is 0. The van der Waals surface area contributed by atoms with Crippen LogP contribution in [0.2, 0.25) is 0 Å². The Hall–Kier alpha value is -3.63. The van der Waals surface area contributed by atoms with Crippen LogP contribution >= 0.6 is 0 Å². The van der Waals surface area contributed by atoms with E-state index in [1.165, 1.54) is 0 Å². The van der Waals surface area contributed by atoms with Crippen molar-refractivity contribution in [2.45, 2.75) is 53.0 Å². The van der Waals surface area contributed by atoms with E-state index in [4.69, 9.17) is 0 Å². The molecule has 39 heavy (non-hydrogen) atoms. The number of nitrogens with one attached hydrogen (secondary N) is 2. The minimum atomic E-state index is -6.35. The molecule has 0 bridgehead atoms. The highest BCUT2D eigenvalue weighted by Gasteiger charge is 2.73. The lowest BCUT2D eigenvalue weighted by Crippen LogP contribution is -2.57. The first kappa shape index (κ1) is 28.4. The number of halogens is 8. The molecule has 17 heteroatoms. The number of aromatic amines is 1. The van der Waals surface area contributed by atoms with E-state index in [9.17, 15) is 48.3 Å². The first-order chi connectivity index (χ1) is 18.0. The summed E-state index contributed by atoms with van der Waals surface area (Å²) in [4.78, 5) is 11.9. The van der Waals surface area contributed by atoms with E-state index in [-0.39, 0.29) is 47.7 Å². The number of carbonyl (C=O) groups excluding carboxylic acids is 1. The van der Waals surface area contributed by atoms with Crippen LogP contribution in [0, 0.1) is 5.82 Å². The third-order valence-electron chi connectivity index (χ3n) is 6.45. The lowest BCUT2D eigenvalue weighted by Gasteiger charge is -2.47. The zero-order valence-electron chi connectivity index (χ0n) is 19.3. The normalized spacial score (nSPS) is 20.4. The molecule has 0 spiro atoms. The number of benzene rings is 2. The van der Waals surface area contributed by atoms with Gasteiger partial charge in [-0.15, -0.1) is 10.2 Å². The molecule has 0 atom stereocenters. The first-order valence-corrected chi connectivity index (χ1v) is 12.4. The smallest absolute Gasteiger partial charge is 0.353 e. The fourth-order valence-electron chi connectivity index (χ4n) is 4.46. The summed E-state index contributed by atoms with van der Waals surface area (Å²) in [5.74, 6) is -1.33. The van der Waals surface area contributed by atoms with Gasteiger partial charge in [-0.25, -0.2) is 17.2 Å². The number of rotatable bonds is 7. The zero-order valence-corrected chi connectivity index (χ0v) is 20.1. The number of hydrogen-bond donors (Lipinski definition) is 2. The van der Waals surface area contributed by atoms with Gasteiger partial charge in [-0.1, -0.05) is 29.5 Å². The van der Waals surface area contributed by atoms with Crippen LogP contribution in [-0.4, -0.2) is 53.3 Å². The Kier molecular flexibility index (Phi) is 6.94. The molecule has 1 saturated carbocycles. The number of sulfone groups is 1. The van der Waals surface area contributed by atoms with E-state index < -0.39 is 55.9 Å². The van der Waals surface area contributed by atoms with Gasteiger partial charge in [0.1, 0.15) is 10.6 Å². The molecular weight excluding hydrogens is 566 g/mol. The van der Waals surface area contributed by atoms with Crippen LogP contribution in [0.1, 0.15) is 29.8 Å². The molecule has 210 valence electrons. The Morgan fingerprint density at radius 3 is 2.00 bits per heavy atom. The van der Waals surface area contributed by atoms with Gasteiger partial charge in [-0.3, -0.25) is 4.79 Å². The number of nitrogens with zero attached hydrogens (tertiary/aromatic N) is 3. The van der Waals surface area contributed by atoms with Gasteiger partial charge in [0, 0.05) is 11.6 Å². The molecule has 1 aliphatic carbocycles. The molecule has 0 aliphatic heterocycles. The number of alkyl halides is 7. The summed E-state index contributed by atoms with van der Waals surface area (Å²) < 4.78 is 132. The quantitative estimate of drug-likeness (QED) is 0.323. The van der Waals surface area contributed by atoms with Crippen LogP contribution in [0.15, 0.2) is 53.4 Å². The molecule has 1 aromatic heterocycles. The topological polar surface area (TPSA) is 118 Å². The fraction of sp³-hybridized carbons (Fsp3) is 0.364. The van der Waals surface area contributed by atoms with E-state index in [1.807, 2.05) is 0 Å². The maximum absolute atomic E-state index is 14.5. The van der Waals surface area contributed by atoms with Gasteiger partial charge < -0.3 is 5.32 Å². The molecule has 1 fully saturated rings. The van der Waals surface area contributed by atoms with Crippen molar-refractivity contribution >= 4 is 15.7 Å². The molecular formula is C22H17F8N5O3S. The summed E-state index contributed by atoms with van der Waals surface area (Å²) in [5, 5.41) is 15.2. The van der Waals surface area contributed by atoms with Crippen LogP contribution in [0.4, 0.5) is 35.1 Å². The van der Waals surface area contributed by atoms with Gasteiger partial charge in [0.15, 0.2) is 15.7 Å². The summed E-state index contributed by atoms with van der Waals surface area (Å²) in [6.45, 7) is 0. The average Bonchev–Trinajstić information content (AvgIpc) is 3.32. The van der Waals surface area contributed by atoms with Crippen molar-refractivity contribution in [1.29, 1.82) is 0 Å². The third-order valence-corrected chi connectivity index (χ3v) is 8.94. The van der Waals surface area contributed by atoms with Crippen LogP contribution in [-0.2, 0) is 31.5 Å². The Morgan fingerprint density at radius 2 is 1.51 bits per heavy atom. The van der Waals surface area contributed by atoms with E-state index in [0.717, 1.165) is 24.3 Å². The predicted octanol–water partition coefficient (Wildman–Crippen LogP) is 3.82. The van der Waals surface area contributed by atoms with Gasteiger partial charge >= 0.3 is 18.0 Å². The molecule has 3 aromatic rings. The summed E-state index contributed by atoms with van der Waals surface area (Å²) in [5.41, 5.74) is -7.73. The van der Waals surface area contributed by atoms with Gasteiger partial charge in [0.05, 0.1) is 11.3 Å². The molecule has 4 rings (SSSR count). The maximum atomic E-state index is 14.5. The molecule has 0 saturated heterocycles. The molecule has 2 N–H and O–H groups in total. The highest BCUT2D eigenvalue weighted by Crippen LogP contribution is 2.55. The molecule has 2 aromatic carbocycles. The van der Waals surface area contributed by atoms with Crippen molar-refractivity contribution in [2.24, 2.45) is 0 Å². The number of H-pyrrole nitrogens is 1. The van der Waals surface area contributed by atoms with E-state index >= 15 is 0 Å². The Bertz CT molecular complexity index is 1420. The monoisotopic (exact) mass is 583 g/mol. The number of carbonyl (C=O) groups is 1. The van der Waals surface area contributed by atoms with Crippen molar-refractivity contribution in [3.63, 3.8) is 0 Å². The fourth-order valence-corrected chi connectivity index (χ4v) is 6.69. The standard InChI is InChI=1S/C22H17F8N5O3S/c23-14-5-7-16(8-6-14)39(37,38)19(10-15(11-19)31-18(36)9-17-32-34-35-33-17)12-1-3-13(4-2-12)20(24,21(25,26)27)22(28,29)30/h1-8,15H,9-11H2,(H,31,36)(H,32,33,34,35). The van der Waals surface area contributed by atoms with Crippen molar-refractivity contribution in [3.8, 4) is 0 Å². The van der Waals surface area contributed by atoms with Gasteiger partial charge in [-0.05, 0) is 42.7 Å². The van der Waals surface area contributed by atoms with E-state index in [2.05, 4.69) is 25.9 Å². The first-order valence-electron chi connectivity index (χ1n) is 11.0. The number of amides is 1. The predicted molar refractivity (Wildman–Crippen MR) is 116 cm³/mol. The van der Waals surface area contributed by atoms with E-state index in [0.29, 0.717) is 12.1 Å². The maximum Gasteiger partial charge on any atom is 0.435 e. The Balaban J connectivity index is 1.70. The van der Waals surface area contributed by atoms with Crippen molar-refractivity contribution < 1.29 is 48.3 Å². The van der Waals surface area contributed by atoms with Crippen LogP contribution in [0.25, 0.3) is 0 Å². The van der Waals surface area contributed by atoms with Crippen molar-refractivity contribution in [2.75, 3.05) is 0 Å². The second kappa shape index (κ2) is 9.53. The minimum absolute atomic E-state index is 0.0386. The molecule has 1 amide bonds. The third kappa shape index (κ3) is 4.83. The zero-order chi connectivity index (χ0) is 28.9. The molecule has 0 radical (unpaired) electrons. The molecule has 1 heterocycles. The second-order valence-electron chi connectivity index (χ2n) is 8.86. The number of aromatic nitrogens is 4.